The second-order valence-corrected chi connectivity index (χ2v) is 12.0. The quantitative estimate of drug-likeness (QED) is 0.348. The molecule has 2 aromatic carbocycles. The highest BCUT2D eigenvalue weighted by Crippen LogP contribution is 2.38. The Balaban J connectivity index is 1.53. The number of rotatable bonds is 6. The Morgan fingerprint density at radius 1 is 0.976 bits per heavy atom. The third kappa shape index (κ3) is 5.95. The molecule has 0 amide bonds. The molecule has 0 saturated heterocycles. The van der Waals surface area contributed by atoms with Crippen LogP contribution in [0.5, 0.6) is 0 Å². The molecule has 216 valence electrons. The van der Waals surface area contributed by atoms with Gasteiger partial charge in [0, 0.05) is 18.4 Å². The lowest BCUT2D eigenvalue weighted by Crippen LogP contribution is -2.62. The number of sulfone groups is 1. The van der Waals surface area contributed by atoms with E-state index in [1.54, 1.807) is 40.8 Å². The summed E-state index contributed by atoms with van der Waals surface area (Å²) >= 11 is 0. The summed E-state index contributed by atoms with van der Waals surface area (Å²) in [5.74, 6) is 1.36. The van der Waals surface area contributed by atoms with Crippen LogP contribution in [0.25, 0.3) is 16.9 Å². The first-order valence-corrected chi connectivity index (χ1v) is 14.5. The first-order chi connectivity index (χ1) is 19.2. The van der Waals surface area contributed by atoms with Gasteiger partial charge in [-0.25, -0.2) is 28.0 Å². The van der Waals surface area contributed by atoms with Crippen molar-refractivity contribution in [2.75, 3.05) is 17.7 Å². The van der Waals surface area contributed by atoms with Gasteiger partial charge in [0.1, 0.15) is 24.1 Å². The molecular weight excluding hydrogens is 557 g/mol. The summed E-state index contributed by atoms with van der Waals surface area (Å²) in [6.45, 7) is 2.47. The molecular formula is C27H29F3N8O2S. The molecule has 0 aliphatic carbocycles. The van der Waals surface area contributed by atoms with Gasteiger partial charge < -0.3 is 10.6 Å². The van der Waals surface area contributed by atoms with Gasteiger partial charge in [0.15, 0.2) is 9.84 Å². The van der Waals surface area contributed by atoms with Gasteiger partial charge in [0.05, 0.1) is 34.2 Å². The van der Waals surface area contributed by atoms with Crippen LogP contribution in [-0.2, 0) is 16.4 Å². The van der Waals surface area contributed by atoms with Crippen molar-refractivity contribution in [3.8, 4) is 16.9 Å². The molecule has 2 atom stereocenters. The summed E-state index contributed by atoms with van der Waals surface area (Å²) < 4.78 is 66.6. The molecule has 0 fully saturated rings. The van der Waals surface area contributed by atoms with Crippen LogP contribution in [0.15, 0.2) is 65.6 Å². The van der Waals surface area contributed by atoms with Gasteiger partial charge >= 0.3 is 6.18 Å². The Morgan fingerprint density at radius 2 is 1.68 bits per heavy atom. The van der Waals surface area contributed by atoms with Crippen LogP contribution in [0.4, 0.5) is 18.9 Å². The van der Waals surface area contributed by atoms with E-state index in [1.165, 1.54) is 12.1 Å². The van der Waals surface area contributed by atoms with Crippen LogP contribution in [0.3, 0.4) is 0 Å². The Morgan fingerprint density at radius 3 is 2.29 bits per heavy atom. The van der Waals surface area contributed by atoms with Crippen LogP contribution < -0.4 is 16.4 Å². The minimum atomic E-state index is -4.56. The van der Waals surface area contributed by atoms with Crippen molar-refractivity contribution < 1.29 is 21.6 Å². The zero-order chi connectivity index (χ0) is 29.7. The van der Waals surface area contributed by atoms with Crippen LogP contribution in [-0.4, -0.2) is 58.3 Å². The van der Waals surface area contributed by atoms with E-state index < -0.39 is 35.0 Å². The summed E-state index contributed by atoms with van der Waals surface area (Å²) in [5, 5.41) is 4.38. The van der Waals surface area contributed by atoms with E-state index in [1.807, 2.05) is 31.2 Å². The molecule has 0 saturated carbocycles. The molecule has 1 aliphatic heterocycles. The van der Waals surface area contributed by atoms with E-state index in [4.69, 9.17) is 11.5 Å². The molecule has 3 heterocycles. The Kier molecular flexibility index (Phi) is 7.36. The van der Waals surface area contributed by atoms with Crippen molar-refractivity contribution in [3.63, 3.8) is 0 Å². The second-order valence-electron chi connectivity index (χ2n) is 9.96. The van der Waals surface area contributed by atoms with Gasteiger partial charge in [-0.05, 0) is 55.8 Å². The fourth-order valence-electron chi connectivity index (χ4n) is 4.90. The van der Waals surface area contributed by atoms with Crippen LogP contribution >= 0.6 is 0 Å². The first kappa shape index (κ1) is 28.7. The van der Waals surface area contributed by atoms with Crippen molar-refractivity contribution in [2.24, 2.45) is 11.5 Å². The van der Waals surface area contributed by atoms with Gasteiger partial charge in [-0.2, -0.15) is 18.3 Å². The largest absolute Gasteiger partial charge is 0.401 e. The highest BCUT2D eigenvalue weighted by atomic mass is 32.2. The van der Waals surface area contributed by atoms with Crippen molar-refractivity contribution in [1.82, 2.24) is 24.6 Å². The Labute approximate surface area is 235 Å². The Bertz CT molecular complexity index is 1690. The molecule has 14 heteroatoms. The zero-order valence-corrected chi connectivity index (χ0v) is 23.4. The second kappa shape index (κ2) is 10.5. The highest BCUT2D eigenvalue weighted by molar-refractivity contribution is 7.90. The predicted molar refractivity (Wildman–Crippen MR) is 147 cm³/mol. The van der Waals surface area contributed by atoms with Gasteiger partial charge in [0.2, 0.25) is 0 Å². The number of hydrogen-bond donors (Lipinski definition) is 2. The molecule has 2 aromatic heterocycles. The first-order valence-electron chi connectivity index (χ1n) is 12.6. The normalized spacial score (nSPS) is 18.0. The van der Waals surface area contributed by atoms with E-state index >= 15 is 0 Å². The van der Waals surface area contributed by atoms with Crippen molar-refractivity contribution in [2.45, 2.75) is 43.9 Å². The lowest BCUT2D eigenvalue weighted by molar-refractivity contribution is -0.158. The molecule has 2 unspecified atom stereocenters. The summed E-state index contributed by atoms with van der Waals surface area (Å²) in [7, 11) is -3.48. The van der Waals surface area contributed by atoms with Gasteiger partial charge in [-0.15, -0.1) is 0 Å². The average molecular weight is 587 g/mol. The fraction of sp³-hybridized carbons (Fsp3) is 0.296. The number of hydrogen-bond acceptors (Lipinski definition) is 9. The van der Waals surface area contributed by atoms with E-state index in [-0.39, 0.29) is 17.1 Å². The molecule has 1 aliphatic rings. The topological polar surface area (TPSA) is 136 Å². The summed E-state index contributed by atoms with van der Waals surface area (Å²) in [5.41, 5.74) is 15.9. The SMILES string of the molecule is Cc1nc(C)n(-c2ccc(CN3c4ccc(-c5cccc(S(C)(=O)=O)c5)nc4C(N)N(CC(F)(F)F)C3N)cc2)n1. The average Bonchev–Trinajstić information content (AvgIpc) is 3.25. The number of halogens is 3. The lowest BCUT2D eigenvalue weighted by Gasteiger charge is -2.46. The van der Waals surface area contributed by atoms with E-state index in [2.05, 4.69) is 15.1 Å². The molecule has 41 heavy (non-hydrogen) atoms. The smallest absolute Gasteiger partial charge is 0.337 e. The van der Waals surface area contributed by atoms with Crippen molar-refractivity contribution in [3.05, 3.63) is 83.6 Å². The molecule has 0 spiro atoms. The number of anilines is 1. The van der Waals surface area contributed by atoms with Gasteiger partial charge in [-0.1, -0.05) is 24.3 Å². The maximum absolute atomic E-state index is 13.6. The zero-order valence-electron chi connectivity index (χ0n) is 22.5. The maximum atomic E-state index is 13.6. The molecule has 0 radical (unpaired) electrons. The predicted octanol–water partition coefficient (Wildman–Crippen LogP) is 3.43. The monoisotopic (exact) mass is 586 g/mol. The number of fused-ring (bicyclic) bond motifs is 1. The number of alkyl halides is 3. The number of benzene rings is 2. The summed E-state index contributed by atoms with van der Waals surface area (Å²) in [4.78, 5) is 11.6. The molecule has 4 N–H and O–H groups in total. The third-order valence-corrected chi connectivity index (χ3v) is 7.95. The molecule has 4 aromatic rings. The lowest BCUT2D eigenvalue weighted by atomic mass is 10.1. The maximum Gasteiger partial charge on any atom is 0.401 e. The van der Waals surface area contributed by atoms with Gasteiger partial charge in [-0.3, -0.25) is 5.73 Å². The standard InChI is InChI=1S/C27H29F3N8O2S/c1-16-33-17(2)38(35-16)20-9-7-18(8-10-20)14-36-23-12-11-22(19-5-4-6-21(13-19)41(3,39)40)34-24(23)25(31)37(26(36)32)15-27(28,29)30/h4-13,25-26H,14-15,31-32H2,1-3H3. The van der Waals surface area contributed by atoms with Crippen LogP contribution in [0, 0.1) is 13.8 Å². The summed E-state index contributed by atoms with van der Waals surface area (Å²) in [6.07, 6.45) is -5.91. The molecule has 10 nitrogen and oxygen atoms in total. The minimum absolute atomic E-state index is 0.0980. The highest BCUT2D eigenvalue weighted by Gasteiger charge is 2.42. The molecule has 5 rings (SSSR count). The number of aryl methyl sites for hydroxylation is 2. The third-order valence-electron chi connectivity index (χ3n) is 6.84. The van der Waals surface area contributed by atoms with Crippen molar-refractivity contribution >= 4 is 15.5 Å². The number of nitrogens with zero attached hydrogens (tertiary/aromatic N) is 6. The number of aromatic nitrogens is 4. The Hall–Kier alpha value is -3.85. The van der Waals surface area contributed by atoms with Gasteiger partial charge in [0.25, 0.3) is 0 Å². The van der Waals surface area contributed by atoms with E-state index in [0.717, 1.165) is 28.2 Å². The molecule has 0 bridgehead atoms. The summed E-state index contributed by atoms with van der Waals surface area (Å²) in [6, 6.07) is 16.9. The fourth-order valence-corrected chi connectivity index (χ4v) is 5.57. The minimum Gasteiger partial charge on any atom is -0.337 e. The van der Waals surface area contributed by atoms with E-state index in [9.17, 15) is 21.6 Å². The van der Waals surface area contributed by atoms with Crippen molar-refractivity contribution in [1.29, 1.82) is 0 Å². The number of nitrogens with two attached hydrogens (primary N) is 2. The van der Waals surface area contributed by atoms with Crippen LogP contribution in [0.1, 0.15) is 29.1 Å². The van der Waals surface area contributed by atoms with Crippen LogP contribution in [0.2, 0.25) is 0 Å². The van der Waals surface area contributed by atoms with E-state index in [0.29, 0.717) is 22.8 Å². The number of pyridine rings is 1.